The molecular formula is C11H15NO3S. The smallest absolute Gasteiger partial charge is 0.305 e. The van der Waals surface area contributed by atoms with Crippen molar-refractivity contribution in [2.75, 3.05) is 13.6 Å². The second-order valence-corrected chi connectivity index (χ2v) is 5.02. The molecule has 1 rings (SSSR count). The van der Waals surface area contributed by atoms with Crippen molar-refractivity contribution in [2.24, 2.45) is 0 Å². The lowest BCUT2D eigenvalue weighted by Crippen LogP contribution is -2.30. The number of likely N-dealkylation sites (N-methyl/N-ethyl adjacent to an activating group) is 1. The van der Waals surface area contributed by atoms with Crippen LogP contribution in [0.15, 0.2) is 12.1 Å². The SMILES string of the molecule is Cc1ccc(CC(=O)N(C)CCC(=O)O)s1. The molecule has 0 aliphatic heterocycles. The Hall–Kier alpha value is -1.36. The van der Waals surface area contributed by atoms with Crippen LogP contribution in [0.2, 0.25) is 0 Å². The third kappa shape index (κ3) is 4.02. The van der Waals surface area contributed by atoms with Crippen LogP contribution in [0.1, 0.15) is 16.2 Å². The van der Waals surface area contributed by atoms with Crippen molar-refractivity contribution in [3.05, 3.63) is 21.9 Å². The Labute approximate surface area is 98.5 Å². The van der Waals surface area contributed by atoms with E-state index >= 15 is 0 Å². The molecule has 1 heterocycles. The van der Waals surface area contributed by atoms with Gasteiger partial charge in [-0.3, -0.25) is 9.59 Å². The zero-order valence-electron chi connectivity index (χ0n) is 9.40. The average Bonchev–Trinajstić information content (AvgIpc) is 2.60. The highest BCUT2D eigenvalue weighted by molar-refractivity contribution is 7.12. The third-order valence-corrected chi connectivity index (χ3v) is 3.21. The summed E-state index contributed by atoms with van der Waals surface area (Å²) in [6, 6.07) is 3.91. The van der Waals surface area contributed by atoms with Crippen molar-refractivity contribution in [3.8, 4) is 0 Å². The van der Waals surface area contributed by atoms with E-state index in [1.54, 1.807) is 18.4 Å². The number of carboxylic acids is 1. The molecule has 0 radical (unpaired) electrons. The highest BCUT2D eigenvalue weighted by Crippen LogP contribution is 2.16. The minimum Gasteiger partial charge on any atom is -0.481 e. The van der Waals surface area contributed by atoms with Crippen LogP contribution in [0.4, 0.5) is 0 Å². The number of nitrogens with zero attached hydrogens (tertiary/aromatic N) is 1. The van der Waals surface area contributed by atoms with Gasteiger partial charge in [0.05, 0.1) is 12.8 Å². The molecule has 1 aromatic rings. The molecule has 0 saturated heterocycles. The summed E-state index contributed by atoms with van der Waals surface area (Å²) >= 11 is 1.59. The van der Waals surface area contributed by atoms with Gasteiger partial charge in [0.2, 0.25) is 5.91 Å². The van der Waals surface area contributed by atoms with Gasteiger partial charge in [0.15, 0.2) is 0 Å². The molecule has 0 aromatic carbocycles. The lowest BCUT2D eigenvalue weighted by atomic mass is 10.3. The molecule has 16 heavy (non-hydrogen) atoms. The zero-order valence-corrected chi connectivity index (χ0v) is 10.2. The summed E-state index contributed by atoms with van der Waals surface area (Å²) < 4.78 is 0. The van der Waals surface area contributed by atoms with E-state index in [2.05, 4.69) is 0 Å². The summed E-state index contributed by atoms with van der Waals surface area (Å²) in [4.78, 5) is 25.7. The van der Waals surface area contributed by atoms with Gasteiger partial charge in [-0.1, -0.05) is 0 Å². The Morgan fingerprint density at radius 3 is 2.62 bits per heavy atom. The number of carboxylic acid groups (broad SMARTS) is 1. The Morgan fingerprint density at radius 2 is 2.12 bits per heavy atom. The number of amides is 1. The van der Waals surface area contributed by atoms with Crippen molar-refractivity contribution >= 4 is 23.2 Å². The van der Waals surface area contributed by atoms with Crippen molar-refractivity contribution < 1.29 is 14.7 Å². The van der Waals surface area contributed by atoms with Crippen LogP contribution in [-0.4, -0.2) is 35.5 Å². The fraction of sp³-hybridized carbons (Fsp3) is 0.455. The molecule has 88 valence electrons. The van der Waals surface area contributed by atoms with Crippen molar-refractivity contribution in [1.29, 1.82) is 0 Å². The van der Waals surface area contributed by atoms with Crippen LogP contribution in [0.3, 0.4) is 0 Å². The van der Waals surface area contributed by atoms with E-state index < -0.39 is 5.97 Å². The van der Waals surface area contributed by atoms with Gasteiger partial charge in [-0.25, -0.2) is 0 Å². The fourth-order valence-electron chi connectivity index (χ4n) is 1.25. The average molecular weight is 241 g/mol. The van der Waals surface area contributed by atoms with Crippen LogP contribution in [0.25, 0.3) is 0 Å². The molecule has 0 fully saturated rings. The van der Waals surface area contributed by atoms with Crippen molar-refractivity contribution in [2.45, 2.75) is 19.8 Å². The summed E-state index contributed by atoms with van der Waals surface area (Å²) in [5.74, 6) is -0.922. The lowest BCUT2D eigenvalue weighted by molar-refractivity contribution is -0.138. The van der Waals surface area contributed by atoms with E-state index in [4.69, 9.17) is 5.11 Å². The van der Waals surface area contributed by atoms with Crippen LogP contribution in [0.5, 0.6) is 0 Å². The van der Waals surface area contributed by atoms with Gasteiger partial charge in [-0.05, 0) is 19.1 Å². The first-order valence-electron chi connectivity index (χ1n) is 5.00. The Kier molecular flexibility index (Phi) is 4.49. The molecule has 0 unspecified atom stereocenters. The van der Waals surface area contributed by atoms with E-state index in [1.165, 1.54) is 9.78 Å². The summed E-state index contributed by atoms with van der Waals surface area (Å²) in [7, 11) is 1.63. The van der Waals surface area contributed by atoms with Gasteiger partial charge >= 0.3 is 5.97 Å². The molecule has 0 saturated carbocycles. The number of aliphatic carboxylic acids is 1. The lowest BCUT2D eigenvalue weighted by Gasteiger charge is -2.15. The van der Waals surface area contributed by atoms with E-state index in [-0.39, 0.29) is 18.9 Å². The van der Waals surface area contributed by atoms with Crippen LogP contribution in [-0.2, 0) is 16.0 Å². The van der Waals surface area contributed by atoms with Gasteiger partial charge in [0.25, 0.3) is 0 Å². The number of hydrogen-bond donors (Lipinski definition) is 1. The van der Waals surface area contributed by atoms with Gasteiger partial charge in [-0.2, -0.15) is 0 Å². The third-order valence-electron chi connectivity index (χ3n) is 2.21. The van der Waals surface area contributed by atoms with E-state index in [1.807, 2.05) is 19.1 Å². The molecule has 1 amide bonds. The topological polar surface area (TPSA) is 57.6 Å². The van der Waals surface area contributed by atoms with Crippen LogP contribution in [0, 0.1) is 6.92 Å². The van der Waals surface area contributed by atoms with Gasteiger partial charge in [0.1, 0.15) is 0 Å². The monoisotopic (exact) mass is 241 g/mol. The van der Waals surface area contributed by atoms with Gasteiger partial charge in [-0.15, -0.1) is 11.3 Å². The van der Waals surface area contributed by atoms with E-state index in [9.17, 15) is 9.59 Å². The maximum atomic E-state index is 11.7. The first-order chi connectivity index (χ1) is 7.49. The highest BCUT2D eigenvalue weighted by Gasteiger charge is 2.11. The molecule has 0 bridgehead atoms. The predicted molar refractivity (Wildman–Crippen MR) is 62.6 cm³/mol. The second-order valence-electron chi connectivity index (χ2n) is 3.65. The molecular weight excluding hydrogens is 226 g/mol. The molecule has 0 spiro atoms. The molecule has 5 heteroatoms. The largest absolute Gasteiger partial charge is 0.481 e. The second kappa shape index (κ2) is 5.65. The maximum Gasteiger partial charge on any atom is 0.305 e. The maximum absolute atomic E-state index is 11.7. The van der Waals surface area contributed by atoms with E-state index in [0.29, 0.717) is 6.42 Å². The number of carbonyl (C=O) groups is 2. The Balaban J connectivity index is 2.42. The Bertz CT molecular complexity index is 386. The van der Waals surface area contributed by atoms with Crippen molar-refractivity contribution in [1.82, 2.24) is 4.90 Å². The molecule has 0 atom stereocenters. The standard InChI is InChI=1S/C11H15NO3S/c1-8-3-4-9(16-8)7-10(13)12(2)6-5-11(14)15/h3-4H,5-7H2,1-2H3,(H,14,15). The molecule has 0 aliphatic rings. The molecule has 0 aliphatic carbocycles. The van der Waals surface area contributed by atoms with Crippen LogP contribution >= 0.6 is 11.3 Å². The first kappa shape index (κ1) is 12.7. The summed E-state index contributed by atoms with van der Waals surface area (Å²) in [6.07, 6.45) is 0.348. The Morgan fingerprint density at radius 1 is 1.44 bits per heavy atom. The summed E-state index contributed by atoms with van der Waals surface area (Å²) in [5.41, 5.74) is 0. The van der Waals surface area contributed by atoms with Crippen molar-refractivity contribution in [3.63, 3.8) is 0 Å². The number of rotatable bonds is 5. The zero-order chi connectivity index (χ0) is 12.1. The minimum absolute atomic E-state index is 0.00823. The number of hydrogen-bond acceptors (Lipinski definition) is 3. The summed E-state index contributed by atoms with van der Waals surface area (Å²) in [5, 5.41) is 8.50. The van der Waals surface area contributed by atoms with E-state index in [0.717, 1.165) is 4.88 Å². The highest BCUT2D eigenvalue weighted by atomic mass is 32.1. The summed E-state index contributed by atoms with van der Waals surface area (Å²) in [6.45, 7) is 2.26. The molecule has 1 aromatic heterocycles. The van der Waals surface area contributed by atoms with Gasteiger partial charge < -0.3 is 10.0 Å². The fourth-order valence-corrected chi connectivity index (χ4v) is 2.13. The van der Waals surface area contributed by atoms with Gasteiger partial charge in [0, 0.05) is 23.3 Å². The number of carbonyl (C=O) groups excluding carboxylic acids is 1. The predicted octanol–water partition coefficient (Wildman–Crippen LogP) is 1.53. The minimum atomic E-state index is -0.883. The number of aryl methyl sites for hydroxylation is 1. The van der Waals surface area contributed by atoms with Crippen LogP contribution < -0.4 is 0 Å². The quantitative estimate of drug-likeness (QED) is 0.850. The first-order valence-corrected chi connectivity index (χ1v) is 5.81. The molecule has 1 N–H and O–H groups in total. The molecule has 4 nitrogen and oxygen atoms in total. The number of thiophene rings is 1. The normalized spacial score (nSPS) is 10.1.